The van der Waals surface area contributed by atoms with Crippen LogP contribution in [0.15, 0.2) is 12.2 Å². The third kappa shape index (κ3) is 36.1. The summed E-state index contributed by atoms with van der Waals surface area (Å²) in [6.07, 6.45) is -21.8. The van der Waals surface area contributed by atoms with Crippen LogP contribution in [0.25, 0.3) is 0 Å². The highest BCUT2D eigenvalue weighted by molar-refractivity contribution is 5.78. The number of unbranched alkanes of at least 4 members (excludes halogenated alkanes) is 31. The number of nitrogens with one attached hydrogen (secondary N) is 4. The molecule has 0 aromatic rings. The number of allylic oxidation sites excluding steroid dienone is 1. The molecule has 133 heavy (non-hydrogen) atoms. The second-order valence-electron chi connectivity index (χ2n) is 36.4. The fourth-order valence-corrected chi connectivity index (χ4v) is 17.9. The van der Waals surface area contributed by atoms with Crippen molar-refractivity contribution in [3.8, 4) is 0 Å². The van der Waals surface area contributed by atoms with E-state index in [9.17, 15) is 136 Å². The first-order chi connectivity index (χ1) is 63.5. The number of hydrogen-bond donors (Lipinski definition) is 25. The van der Waals surface area contributed by atoms with Crippen LogP contribution >= 0.6 is 0 Å². The lowest BCUT2D eigenvalue weighted by Crippen LogP contribution is -2.72. The van der Waals surface area contributed by atoms with Crippen molar-refractivity contribution >= 4 is 35.6 Å². The van der Waals surface area contributed by atoms with Gasteiger partial charge in [0.05, 0.1) is 82.7 Å². The van der Waals surface area contributed by atoms with Gasteiger partial charge in [-0.15, -0.1) is 0 Å². The summed E-state index contributed by atoms with van der Waals surface area (Å²) in [6, 6.07) is -6.80. The minimum atomic E-state index is -3.36. The van der Waals surface area contributed by atoms with Crippen LogP contribution in [0.5, 0.6) is 0 Å². The first-order valence-electron chi connectivity index (χ1n) is 48.2. The van der Waals surface area contributed by atoms with E-state index in [1.54, 1.807) is 6.08 Å². The van der Waals surface area contributed by atoms with E-state index in [0.29, 0.717) is 12.8 Å². The number of ether oxygens (including phenoxy) is 12. The summed E-state index contributed by atoms with van der Waals surface area (Å²) in [5, 5.41) is 246. The minimum Gasteiger partial charge on any atom is -0.477 e. The molecule has 0 saturated carbocycles. The first kappa shape index (κ1) is 117. The van der Waals surface area contributed by atoms with Gasteiger partial charge in [0.15, 0.2) is 25.2 Å². The number of rotatable bonds is 65. The normalized spacial score (nSPS) is 34.1. The van der Waals surface area contributed by atoms with Gasteiger partial charge < -0.3 is 185 Å². The van der Waals surface area contributed by atoms with Crippen LogP contribution in [0.3, 0.4) is 0 Å². The molecular formula is C90H160N4O39. The predicted molar refractivity (Wildman–Crippen MR) is 467 cm³/mol. The number of carbonyl (C=O) groups excluding carboxylic acids is 4. The molecule has 25 N–H and O–H groups in total. The Morgan fingerprint density at radius 1 is 0.406 bits per heavy atom. The molecule has 0 bridgehead atoms. The van der Waals surface area contributed by atoms with Crippen LogP contribution in [0.2, 0.25) is 0 Å². The zero-order valence-corrected chi connectivity index (χ0v) is 77.8. The smallest absolute Gasteiger partial charge is 0.364 e. The molecule has 6 rings (SSSR count). The van der Waals surface area contributed by atoms with Gasteiger partial charge in [-0.1, -0.05) is 219 Å². The maximum absolute atomic E-state index is 13.7. The molecule has 0 spiro atoms. The fourth-order valence-electron chi connectivity index (χ4n) is 17.9. The number of carboxylic acids is 2. The zero-order valence-electron chi connectivity index (χ0n) is 77.8. The van der Waals surface area contributed by atoms with Crippen molar-refractivity contribution in [2.45, 2.75) is 473 Å². The van der Waals surface area contributed by atoms with Gasteiger partial charge in [0.2, 0.25) is 23.6 Å². The van der Waals surface area contributed by atoms with Crippen molar-refractivity contribution in [3.05, 3.63) is 12.2 Å². The number of amides is 4. The first-order valence-corrected chi connectivity index (χ1v) is 48.2. The van der Waals surface area contributed by atoms with Gasteiger partial charge in [0.1, 0.15) is 134 Å². The van der Waals surface area contributed by atoms with E-state index in [2.05, 4.69) is 35.1 Å². The van der Waals surface area contributed by atoms with Crippen molar-refractivity contribution in [3.63, 3.8) is 0 Å². The number of aliphatic hydroxyl groups is 19. The second-order valence-corrected chi connectivity index (χ2v) is 36.4. The monoisotopic (exact) mass is 1920 g/mol. The van der Waals surface area contributed by atoms with Gasteiger partial charge in [-0.3, -0.25) is 19.2 Å². The quantitative estimate of drug-likeness (QED) is 0.0243. The van der Waals surface area contributed by atoms with E-state index in [1.807, 2.05) is 6.08 Å². The van der Waals surface area contributed by atoms with Crippen LogP contribution in [0.4, 0.5) is 0 Å². The molecule has 6 aliphatic heterocycles. The maximum atomic E-state index is 13.7. The third-order valence-corrected chi connectivity index (χ3v) is 25.6. The van der Waals surface area contributed by atoms with Crippen LogP contribution in [0, 0.1) is 0 Å². The van der Waals surface area contributed by atoms with Gasteiger partial charge in [0, 0.05) is 40.0 Å². The van der Waals surface area contributed by atoms with E-state index in [1.165, 1.54) is 135 Å². The van der Waals surface area contributed by atoms with Gasteiger partial charge in [-0.2, -0.15) is 0 Å². The lowest BCUT2D eigenvalue weighted by atomic mass is 9.88. The van der Waals surface area contributed by atoms with E-state index >= 15 is 0 Å². The van der Waals surface area contributed by atoms with E-state index < -0.39 is 296 Å². The Morgan fingerprint density at radius 2 is 0.767 bits per heavy atom. The molecule has 6 fully saturated rings. The highest BCUT2D eigenvalue weighted by Crippen LogP contribution is 2.42. The lowest BCUT2D eigenvalue weighted by molar-refractivity contribution is -0.391. The van der Waals surface area contributed by atoms with Crippen molar-refractivity contribution < 1.29 is 193 Å². The molecular weight excluding hydrogens is 1760 g/mol. The molecule has 43 nitrogen and oxygen atoms in total. The zero-order chi connectivity index (χ0) is 98.1. The summed E-state index contributed by atoms with van der Waals surface area (Å²) < 4.78 is 71.6. The summed E-state index contributed by atoms with van der Waals surface area (Å²) in [5.74, 6) is -14.1. The maximum Gasteiger partial charge on any atom is 0.364 e. The van der Waals surface area contributed by atoms with Gasteiger partial charge in [-0.25, -0.2) is 9.59 Å². The number of aliphatic hydroxyl groups excluding tert-OH is 19. The minimum absolute atomic E-state index is 0.129. The largest absolute Gasteiger partial charge is 0.477 e. The average Bonchev–Trinajstić information content (AvgIpc) is 0.754. The molecule has 0 radical (unpaired) electrons. The Kier molecular flexibility index (Phi) is 53.8. The Labute approximate surface area is 778 Å². The molecule has 0 aromatic heterocycles. The molecule has 6 aliphatic rings. The second kappa shape index (κ2) is 61.1. The van der Waals surface area contributed by atoms with E-state index in [0.717, 1.165) is 85.0 Å². The molecule has 43 heteroatoms. The van der Waals surface area contributed by atoms with Crippen LogP contribution in [-0.4, -0.2) is 396 Å². The molecule has 0 aliphatic carbocycles. The van der Waals surface area contributed by atoms with E-state index in [-0.39, 0.29) is 12.3 Å². The van der Waals surface area contributed by atoms with Gasteiger partial charge in [0.25, 0.3) is 11.6 Å². The van der Waals surface area contributed by atoms with Crippen molar-refractivity contribution in [2.24, 2.45) is 0 Å². The topological polar surface area (TPSA) is 686 Å². The Hall–Kier alpha value is -4.68. The predicted octanol–water partition coefficient (Wildman–Crippen LogP) is -1.53. The molecule has 6 saturated heterocycles. The van der Waals surface area contributed by atoms with Crippen molar-refractivity contribution in [1.29, 1.82) is 0 Å². The molecule has 6 heterocycles. The average molecular weight is 1920 g/mol. The van der Waals surface area contributed by atoms with Gasteiger partial charge in [-0.05, 0) is 19.3 Å². The summed E-state index contributed by atoms with van der Waals surface area (Å²) in [5.41, 5.74) is 0. The number of carboxylic acid groups (broad SMARTS) is 2. The van der Waals surface area contributed by atoms with Crippen LogP contribution in [-0.2, 0) is 85.6 Å². The summed E-state index contributed by atoms with van der Waals surface area (Å²) in [6.45, 7) is -0.572. The highest BCUT2D eigenvalue weighted by Gasteiger charge is 2.63. The summed E-state index contributed by atoms with van der Waals surface area (Å²) in [7, 11) is 0. The molecule has 4 amide bonds. The number of aliphatic carboxylic acids is 2. The molecule has 12 unspecified atom stereocenters. The van der Waals surface area contributed by atoms with Crippen LogP contribution in [0.1, 0.15) is 266 Å². The number of carbonyl (C=O) groups is 6. The number of hydrogen-bond acceptors (Lipinski definition) is 37. The van der Waals surface area contributed by atoms with Crippen molar-refractivity contribution in [2.75, 3.05) is 46.2 Å². The Morgan fingerprint density at radius 3 is 1.20 bits per heavy atom. The Bertz CT molecular complexity index is 3310. The van der Waals surface area contributed by atoms with Gasteiger partial charge >= 0.3 is 11.9 Å². The summed E-state index contributed by atoms with van der Waals surface area (Å²) >= 11 is 0. The standard InChI is InChI=1S/C90H160N4O39/c1-6-8-10-12-14-16-18-20-21-22-23-24-25-26-27-29-31-33-35-37-39-41-64(108)94-54(55(103)40-38-36-34-32-30-28-19-17-15-13-11-9-7-2)49-122-84-74(115)72(113)78(61(47-98)125-84)129-85-75(116)73(114)77(62(48-99)126-85)128-83-67(93-53(5)102)79(71(112)63(127-83)50-123-89(87(118)119)42-56(104)65(91-51(3)100)80(131-89)68(109)58(106)44-95)130-86-76(117)82(70(111)60(46-97)124-86)133-90(88(120)121)43-57(105)66(92-52(4)101)81(132-90)69(110)59(107)45-96/h38,40,54-63,65-86,95-99,103-107,109-117H,6-37,39,41-50H2,1-5H3,(H,91,100)(H,92,101)(H,93,102)(H,94,108)(H,118,119)(H,120,121)/b40-38+/t54-,55+,56?,57?,58+,59+,60?,61?,62?,63?,65+,66+,67?,68+,69+,70-,71-,72+,73+,74?,75?,76?,77-,78+,79+,80?,81?,82-,83-,84+,85-,86-,89+,90-/m0/s1. The molecule has 774 valence electrons. The SMILES string of the molecule is CCCCCCCCCCCCC/C=C/[C@@H](O)[C@H](CO[C@@H]1OC(CO)[C@@H](O[C@@H]2OC(CO)[C@H](O[C@@H]3OC(CO[C@]4(C(=O)O)CC(O)[C@@H](NC(C)=O)C([C@H](O)[C@H](O)CO)O4)[C@H](O)[C@H](O[C@@H]4OC(CO)[C@H](O)[C@H](O[C@]5(C(=O)O)CC(O)[C@@H](NC(C)=O)C([C@H](O)[C@H](O)CO)O5)C4O)C3NC(C)=O)[C@H](O)C2O)[C@H](O)C1O)NC(=O)CCCCCCCCCCCCCCCCCCCCCCC. The molecule has 0 aromatic carbocycles. The molecule has 34 atom stereocenters. The van der Waals surface area contributed by atoms with Crippen LogP contribution < -0.4 is 21.3 Å². The third-order valence-electron chi connectivity index (χ3n) is 25.6. The highest BCUT2D eigenvalue weighted by atomic mass is 16.8. The summed E-state index contributed by atoms with van der Waals surface area (Å²) in [4.78, 5) is 78.9. The van der Waals surface area contributed by atoms with E-state index in [4.69, 9.17) is 56.8 Å². The lowest BCUT2D eigenvalue weighted by Gasteiger charge is -2.52. The van der Waals surface area contributed by atoms with Crippen molar-refractivity contribution in [1.82, 2.24) is 21.3 Å². The Balaban J connectivity index is 1.20. The fraction of sp³-hybridized carbons (Fsp3) is 0.911.